The second kappa shape index (κ2) is 7.16. The van der Waals surface area contributed by atoms with E-state index in [0.717, 1.165) is 31.4 Å². The molecule has 0 heterocycles. The van der Waals surface area contributed by atoms with Gasteiger partial charge in [-0.2, -0.15) is 5.26 Å². The predicted molar refractivity (Wildman–Crippen MR) is 76.1 cm³/mol. The fraction of sp³-hybridized carbons (Fsp3) is 0.562. The molecular weight excluding hydrogens is 236 g/mol. The van der Waals surface area contributed by atoms with Crippen LogP contribution in [0.4, 0.5) is 0 Å². The Kier molecular flexibility index (Phi) is 5.23. The predicted octanol–water partition coefficient (Wildman–Crippen LogP) is 3.06. The minimum absolute atomic E-state index is 0.675. The summed E-state index contributed by atoms with van der Waals surface area (Å²) in [5, 5.41) is 8.73. The van der Waals surface area contributed by atoms with E-state index in [0.29, 0.717) is 5.56 Å². The molecule has 3 heteroatoms. The van der Waals surface area contributed by atoms with E-state index in [1.165, 1.54) is 25.8 Å². The molecule has 1 aliphatic carbocycles. The van der Waals surface area contributed by atoms with Crippen LogP contribution in [-0.4, -0.2) is 31.1 Å². The van der Waals surface area contributed by atoms with E-state index >= 15 is 0 Å². The van der Waals surface area contributed by atoms with Crippen LogP contribution >= 0.6 is 0 Å². The van der Waals surface area contributed by atoms with E-state index in [1.807, 2.05) is 12.1 Å². The van der Waals surface area contributed by atoms with E-state index < -0.39 is 0 Å². The summed E-state index contributed by atoms with van der Waals surface area (Å²) in [7, 11) is 0. The summed E-state index contributed by atoms with van der Waals surface area (Å²) in [6.45, 7) is 6.32. The number of nitriles is 1. The zero-order valence-electron chi connectivity index (χ0n) is 11.6. The zero-order valence-corrected chi connectivity index (χ0v) is 11.6. The number of hydrogen-bond donors (Lipinski definition) is 0. The molecule has 1 aliphatic rings. The average Bonchev–Trinajstić information content (AvgIpc) is 3.24. The van der Waals surface area contributed by atoms with Gasteiger partial charge in [-0.25, -0.2) is 0 Å². The highest BCUT2D eigenvalue weighted by atomic mass is 16.5. The van der Waals surface area contributed by atoms with Gasteiger partial charge in [0.15, 0.2) is 0 Å². The molecule has 0 bridgehead atoms. The fourth-order valence-corrected chi connectivity index (χ4v) is 2.19. The topological polar surface area (TPSA) is 36.3 Å². The smallest absolute Gasteiger partial charge is 0.119 e. The first-order valence-corrected chi connectivity index (χ1v) is 7.17. The van der Waals surface area contributed by atoms with Gasteiger partial charge < -0.3 is 4.74 Å². The van der Waals surface area contributed by atoms with Gasteiger partial charge in [-0.3, -0.25) is 4.90 Å². The van der Waals surface area contributed by atoms with Crippen molar-refractivity contribution < 1.29 is 4.74 Å². The molecule has 1 saturated carbocycles. The van der Waals surface area contributed by atoms with Crippen LogP contribution in [0.15, 0.2) is 24.3 Å². The molecule has 0 spiro atoms. The van der Waals surface area contributed by atoms with E-state index in [9.17, 15) is 0 Å². The Bertz CT molecular complexity index is 417. The Hall–Kier alpha value is -1.53. The molecule has 1 fully saturated rings. The molecule has 0 amide bonds. The summed E-state index contributed by atoms with van der Waals surface area (Å²) in [4.78, 5) is 2.50. The fourth-order valence-electron chi connectivity index (χ4n) is 2.19. The van der Waals surface area contributed by atoms with Gasteiger partial charge in [0.25, 0.3) is 0 Å². The summed E-state index contributed by atoms with van der Waals surface area (Å²) in [5.74, 6) is 1.78. The minimum Gasteiger partial charge on any atom is -0.492 e. The third kappa shape index (κ3) is 4.92. The van der Waals surface area contributed by atoms with Gasteiger partial charge in [0.1, 0.15) is 12.4 Å². The third-order valence-corrected chi connectivity index (χ3v) is 3.41. The van der Waals surface area contributed by atoms with Gasteiger partial charge in [-0.05, 0) is 56.0 Å². The number of ether oxygens (including phenoxy) is 1. The Morgan fingerprint density at radius 1 is 1.26 bits per heavy atom. The van der Waals surface area contributed by atoms with Crippen LogP contribution < -0.4 is 4.74 Å². The monoisotopic (exact) mass is 258 g/mol. The van der Waals surface area contributed by atoms with Crippen molar-refractivity contribution in [3.8, 4) is 11.8 Å². The molecule has 102 valence electrons. The maximum absolute atomic E-state index is 8.73. The maximum atomic E-state index is 8.73. The molecule has 2 rings (SSSR count). The van der Waals surface area contributed by atoms with Crippen LogP contribution in [0.2, 0.25) is 0 Å². The number of rotatable bonds is 8. The molecule has 1 aromatic rings. The van der Waals surface area contributed by atoms with Crippen LogP contribution in [0.25, 0.3) is 0 Å². The highest BCUT2D eigenvalue weighted by Gasteiger charge is 2.23. The van der Waals surface area contributed by atoms with Crippen molar-refractivity contribution in [1.82, 2.24) is 4.90 Å². The van der Waals surface area contributed by atoms with Crippen LogP contribution in [0.5, 0.6) is 5.75 Å². The summed E-state index contributed by atoms with van der Waals surface area (Å²) < 4.78 is 5.73. The van der Waals surface area contributed by atoms with Gasteiger partial charge in [0.05, 0.1) is 11.6 Å². The van der Waals surface area contributed by atoms with Crippen molar-refractivity contribution in [3.05, 3.63) is 29.8 Å². The van der Waals surface area contributed by atoms with Crippen molar-refractivity contribution in [2.75, 3.05) is 26.2 Å². The lowest BCUT2D eigenvalue weighted by molar-refractivity contribution is 0.203. The van der Waals surface area contributed by atoms with Crippen molar-refractivity contribution in [3.63, 3.8) is 0 Å². The molecule has 0 N–H and O–H groups in total. The summed E-state index contributed by atoms with van der Waals surface area (Å²) >= 11 is 0. The second-order valence-corrected chi connectivity index (χ2v) is 5.23. The first kappa shape index (κ1) is 13.9. The highest BCUT2D eigenvalue weighted by molar-refractivity contribution is 5.34. The lowest BCUT2D eigenvalue weighted by Crippen LogP contribution is -2.31. The van der Waals surface area contributed by atoms with Crippen molar-refractivity contribution in [2.45, 2.75) is 26.2 Å². The maximum Gasteiger partial charge on any atom is 0.119 e. The van der Waals surface area contributed by atoms with E-state index in [2.05, 4.69) is 17.9 Å². The largest absolute Gasteiger partial charge is 0.492 e. The standard InChI is InChI=1S/C16H22N2O/c1-2-9-18(13-15-3-4-15)10-11-19-16-7-5-14(12-17)6-8-16/h5-8,15H,2-4,9-11,13H2,1H3. The van der Waals surface area contributed by atoms with E-state index in [-0.39, 0.29) is 0 Å². The third-order valence-electron chi connectivity index (χ3n) is 3.41. The first-order chi connectivity index (χ1) is 9.31. The lowest BCUT2D eigenvalue weighted by Gasteiger charge is -2.21. The molecule has 0 atom stereocenters. The van der Waals surface area contributed by atoms with Crippen molar-refractivity contribution >= 4 is 0 Å². The van der Waals surface area contributed by atoms with Gasteiger partial charge in [0.2, 0.25) is 0 Å². The first-order valence-electron chi connectivity index (χ1n) is 7.17. The molecular formula is C16H22N2O. The molecule has 1 aromatic carbocycles. The number of hydrogen-bond acceptors (Lipinski definition) is 3. The summed E-state index contributed by atoms with van der Waals surface area (Å²) in [6.07, 6.45) is 4.00. The summed E-state index contributed by atoms with van der Waals surface area (Å²) in [5.41, 5.74) is 0.675. The van der Waals surface area contributed by atoms with Gasteiger partial charge in [-0.1, -0.05) is 6.92 Å². The van der Waals surface area contributed by atoms with E-state index in [4.69, 9.17) is 10.00 Å². The van der Waals surface area contributed by atoms with Gasteiger partial charge in [-0.15, -0.1) is 0 Å². The molecule has 0 aliphatic heterocycles. The highest BCUT2D eigenvalue weighted by Crippen LogP contribution is 2.29. The Morgan fingerprint density at radius 2 is 2.00 bits per heavy atom. The van der Waals surface area contributed by atoms with Crippen LogP contribution in [0, 0.1) is 17.2 Å². The lowest BCUT2D eigenvalue weighted by atomic mass is 10.2. The van der Waals surface area contributed by atoms with Crippen LogP contribution in [-0.2, 0) is 0 Å². The Balaban J connectivity index is 1.72. The van der Waals surface area contributed by atoms with Crippen molar-refractivity contribution in [2.24, 2.45) is 5.92 Å². The SMILES string of the molecule is CCCN(CCOc1ccc(C#N)cc1)CC1CC1. The summed E-state index contributed by atoms with van der Waals surface area (Å²) in [6, 6.07) is 9.43. The number of benzene rings is 1. The Labute approximate surface area is 115 Å². The normalized spacial score (nSPS) is 14.4. The Morgan fingerprint density at radius 3 is 2.58 bits per heavy atom. The average molecular weight is 258 g/mol. The molecule has 3 nitrogen and oxygen atoms in total. The quantitative estimate of drug-likeness (QED) is 0.719. The van der Waals surface area contributed by atoms with E-state index in [1.54, 1.807) is 12.1 Å². The molecule has 0 unspecified atom stereocenters. The number of nitrogens with zero attached hydrogens (tertiary/aromatic N) is 2. The van der Waals surface area contributed by atoms with Gasteiger partial charge >= 0.3 is 0 Å². The zero-order chi connectivity index (χ0) is 13.5. The molecule has 0 aromatic heterocycles. The van der Waals surface area contributed by atoms with Crippen LogP contribution in [0.3, 0.4) is 0 Å². The minimum atomic E-state index is 0.675. The van der Waals surface area contributed by atoms with Crippen molar-refractivity contribution in [1.29, 1.82) is 5.26 Å². The molecule has 19 heavy (non-hydrogen) atoms. The molecule has 0 radical (unpaired) electrons. The molecule has 0 saturated heterocycles. The van der Waals surface area contributed by atoms with Gasteiger partial charge in [0, 0.05) is 13.1 Å². The second-order valence-electron chi connectivity index (χ2n) is 5.23. The van der Waals surface area contributed by atoms with Crippen LogP contribution in [0.1, 0.15) is 31.7 Å².